The molecule has 136 valence electrons. The molecular formula is C18H20ClN5OS. The predicted molar refractivity (Wildman–Crippen MR) is 103 cm³/mol. The predicted octanol–water partition coefficient (Wildman–Crippen LogP) is 3.32. The van der Waals surface area contributed by atoms with Crippen molar-refractivity contribution in [2.24, 2.45) is 7.05 Å². The first kappa shape index (κ1) is 18.7. The molecule has 0 aliphatic rings. The van der Waals surface area contributed by atoms with Gasteiger partial charge in [-0.2, -0.15) is 0 Å². The van der Waals surface area contributed by atoms with Crippen molar-refractivity contribution in [3.05, 3.63) is 64.7 Å². The molecule has 0 aliphatic heterocycles. The van der Waals surface area contributed by atoms with Gasteiger partial charge in [0, 0.05) is 25.9 Å². The fourth-order valence-corrected chi connectivity index (χ4v) is 3.30. The quantitative estimate of drug-likeness (QED) is 0.447. The van der Waals surface area contributed by atoms with Gasteiger partial charge < -0.3 is 10.1 Å². The van der Waals surface area contributed by atoms with Crippen LogP contribution in [0.1, 0.15) is 11.1 Å². The van der Waals surface area contributed by atoms with E-state index in [2.05, 4.69) is 20.8 Å². The van der Waals surface area contributed by atoms with Gasteiger partial charge in [-0.05, 0) is 33.7 Å². The second kappa shape index (κ2) is 9.56. The third-order valence-corrected chi connectivity index (χ3v) is 4.96. The minimum Gasteiger partial charge on any atom is -0.487 e. The summed E-state index contributed by atoms with van der Waals surface area (Å²) >= 11 is 7.96. The monoisotopic (exact) mass is 389 g/mol. The third-order valence-electron chi connectivity index (χ3n) is 3.65. The van der Waals surface area contributed by atoms with Crippen LogP contribution in [0, 0.1) is 0 Å². The normalized spacial score (nSPS) is 10.8. The molecule has 0 unspecified atom stereocenters. The Morgan fingerprint density at radius 2 is 2.00 bits per heavy atom. The molecule has 3 rings (SSSR count). The fraction of sp³-hybridized carbons (Fsp3) is 0.278. The summed E-state index contributed by atoms with van der Waals surface area (Å²) < 4.78 is 7.46. The zero-order valence-corrected chi connectivity index (χ0v) is 16.0. The second-order valence-corrected chi connectivity index (χ2v) is 7.12. The van der Waals surface area contributed by atoms with Crippen LogP contribution in [-0.4, -0.2) is 32.5 Å². The smallest absolute Gasteiger partial charge is 0.209 e. The van der Waals surface area contributed by atoms with Gasteiger partial charge in [-0.1, -0.05) is 59.8 Å². The second-order valence-electron chi connectivity index (χ2n) is 5.65. The highest BCUT2D eigenvalue weighted by molar-refractivity contribution is 7.99. The van der Waals surface area contributed by atoms with Crippen LogP contribution in [0.2, 0.25) is 5.02 Å². The van der Waals surface area contributed by atoms with Crippen LogP contribution in [0.5, 0.6) is 5.75 Å². The molecular weight excluding hydrogens is 370 g/mol. The average Bonchev–Trinajstić information content (AvgIpc) is 3.06. The maximum Gasteiger partial charge on any atom is 0.209 e. The van der Waals surface area contributed by atoms with Gasteiger partial charge in [-0.15, -0.1) is 5.10 Å². The summed E-state index contributed by atoms with van der Waals surface area (Å²) in [5, 5.41) is 16.2. The van der Waals surface area contributed by atoms with E-state index in [-0.39, 0.29) is 0 Å². The Morgan fingerprint density at radius 1 is 1.15 bits per heavy atom. The molecule has 0 bridgehead atoms. The van der Waals surface area contributed by atoms with Crippen LogP contribution in [0.25, 0.3) is 0 Å². The molecule has 1 aromatic heterocycles. The molecule has 3 aromatic rings. The number of hydrogen-bond acceptors (Lipinski definition) is 6. The molecule has 0 atom stereocenters. The number of aromatic nitrogens is 4. The molecule has 0 fully saturated rings. The SMILES string of the molecule is Cn1nnnc1SCCNCc1ccc(OCc2ccccc2)c(Cl)c1. The summed E-state index contributed by atoms with van der Waals surface area (Å²) in [6, 6.07) is 15.9. The molecule has 26 heavy (non-hydrogen) atoms. The lowest BCUT2D eigenvalue weighted by atomic mass is 10.2. The van der Waals surface area contributed by atoms with Crippen LogP contribution < -0.4 is 10.1 Å². The van der Waals surface area contributed by atoms with E-state index < -0.39 is 0 Å². The summed E-state index contributed by atoms with van der Waals surface area (Å²) in [4.78, 5) is 0. The summed E-state index contributed by atoms with van der Waals surface area (Å²) in [5.74, 6) is 1.59. The molecule has 6 nitrogen and oxygen atoms in total. The van der Waals surface area contributed by atoms with Crippen molar-refractivity contribution in [1.82, 2.24) is 25.5 Å². The number of ether oxygens (including phenoxy) is 1. The van der Waals surface area contributed by atoms with Crippen LogP contribution in [0.4, 0.5) is 0 Å². The van der Waals surface area contributed by atoms with Crippen LogP contribution in [-0.2, 0) is 20.2 Å². The molecule has 0 radical (unpaired) electrons. The van der Waals surface area contributed by atoms with E-state index in [1.165, 1.54) is 0 Å². The maximum absolute atomic E-state index is 6.34. The lowest BCUT2D eigenvalue weighted by Gasteiger charge is -2.10. The van der Waals surface area contributed by atoms with Crippen molar-refractivity contribution < 1.29 is 4.74 Å². The lowest BCUT2D eigenvalue weighted by molar-refractivity contribution is 0.306. The Kier molecular flexibility index (Phi) is 6.88. The first-order valence-corrected chi connectivity index (χ1v) is 9.60. The number of halogens is 1. The van der Waals surface area contributed by atoms with E-state index in [1.807, 2.05) is 55.6 Å². The van der Waals surface area contributed by atoms with Crippen LogP contribution >= 0.6 is 23.4 Å². The van der Waals surface area contributed by atoms with E-state index in [0.717, 1.165) is 35.1 Å². The Labute approximate surface area is 161 Å². The molecule has 0 amide bonds. The molecule has 1 heterocycles. The lowest BCUT2D eigenvalue weighted by Crippen LogP contribution is -2.16. The van der Waals surface area contributed by atoms with Gasteiger partial charge in [0.1, 0.15) is 12.4 Å². The van der Waals surface area contributed by atoms with Gasteiger partial charge in [0.25, 0.3) is 0 Å². The third kappa shape index (κ3) is 5.45. The molecule has 0 aliphatic carbocycles. The van der Waals surface area contributed by atoms with Gasteiger partial charge in [-0.25, -0.2) is 4.68 Å². The topological polar surface area (TPSA) is 64.9 Å². The van der Waals surface area contributed by atoms with Crippen molar-refractivity contribution in [1.29, 1.82) is 0 Å². The molecule has 1 N–H and O–H groups in total. The highest BCUT2D eigenvalue weighted by Gasteiger charge is 2.05. The van der Waals surface area contributed by atoms with Gasteiger partial charge in [0.05, 0.1) is 5.02 Å². The first-order valence-electron chi connectivity index (χ1n) is 8.23. The fourth-order valence-electron chi connectivity index (χ4n) is 2.30. The van der Waals surface area contributed by atoms with Crippen molar-refractivity contribution in [3.63, 3.8) is 0 Å². The highest BCUT2D eigenvalue weighted by atomic mass is 35.5. The molecule has 0 saturated heterocycles. The van der Waals surface area contributed by atoms with E-state index in [4.69, 9.17) is 16.3 Å². The van der Waals surface area contributed by atoms with Crippen molar-refractivity contribution in [3.8, 4) is 5.75 Å². The largest absolute Gasteiger partial charge is 0.487 e. The Bertz CT molecular complexity index is 827. The van der Waals surface area contributed by atoms with Crippen molar-refractivity contribution in [2.45, 2.75) is 18.3 Å². The summed E-state index contributed by atoms with van der Waals surface area (Å²) in [6.45, 7) is 2.10. The van der Waals surface area contributed by atoms with Gasteiger partial charge in [0.2, 0.25) is 5.16 Å². The minimum atomic E-state index is 0.506. The standard InChI is InChI=1S/C18H20ClN5OS/c1-24-18(21-22-23-24)26-10-9-20-12-15-7-8-17(16(19)11-15)25-13-14-5-3-2-4-6-14/h2-8,11,20H,9-10,12-13H2,1H3. The number of thioether (sulfide) groups is 1. The van der Waals surface area contributed by atoms with Crippen molar-refractivity contribution >= 4 is 23.4 Å². The summed E-state index contributed by atoms with van der Waals surface area (Å²) in [6.07, 6.45) is 0. The van der Waals surface area contributed by atoms with Crippen molar-refractivity contribution in [2.75, 3.05) is 12.3 Å². The number of nitrogens with one attached hydrogen (secondary N) is 1. The van der Waals surface area contributed by atoms with E-state index in [9.17, 15) is 0 Å². The average molecular weight is 390 g/mol. The first-order chi connectivity index (χ1) is 12.7. The van der Waals surface area contributed by atoms with E-state index in [1.54, 1.807) is 16.4 Å². The summed E-state index contributed by atoms with van der Waals surface area (Å²) in [7, 11) is 1.83. The van der Waals surface area contributed by atoms with Crippen LogP contribution in [0.3, 0.4) is 0 Å². The molecule has 0 spiro atoms. The Morgan fingerprint density at radius 3 is 2.73 bits per heavy atom. The molecule has 2 aromatic carbocycles. The molecule has 0 saturated carbocycles. The zero-order valence-electron chi connectivity index (χ0n) is 14.4. The highest BCUT2D eigenvalue weighted by Crippen LogP contribution is 2.26. The van der Waals surface area contributed by atoms with E-state index >= 15 is 0 Å². The number of rotatable bonds is 9. The number of aryl methyl sites for hydroxylation is 1. The van der Waals surface area contributed by atoms with Gasteiger partial charge in [-0.3, -0.25) is 0 Å². The number of nitrogens with zero attached hydrogens (tertiary/aromatic N) is 4. The summed E-state index contributed by atoms with van der Waals surface area (Å²) in [5.41, 5.74) is 2.23. The maximum atomic E-state index is 6.34. The van der Waals surface area contributed by atoms with Gasteiger partial charge in [0.15, 0.2) is 0 Å². The number of tetrazole rings is 1. The minimum absolute atomic E-state index is 0.506. The molecule has 8 heteroatoms. The van der Waals surface area contributed by atoms with Crippen LogP contribution in [0.15, 0.2) is 53.7 Å². The number of hydrogen-bond donors (Lipinski definition) is 1. The Hall–Kier alpha value is -2.09. The van der Waals surface area contributed by atoms with E-state index in [0.29, 0.717) is 17.4 Å². The Balaban J connectivity index is 1.41. The van der Waals surface area contributed by atoms with Gasteiger partial charge >= 0.3 is 0 Å². The number of benzene rings is 2. The zero-order chi connectivity index (χ0) is 18.2.